The molecule has 3 heterocycles. The van der Waals surface area contributed by atoms with Gasteiger partial charge in [-0.15, -0.1) is 0 Å². The summed E-state index contributed by atoms with van der Waals surface area (Å²) in [5, 5.41) is 4.01. The summed E-state index contributed by atoms with van der Waals surface area (Å²) in [7, 11) is 3.53. The zero-order chi connectivity index (χ0) is 25.4. The topological polar surface area (TPSA) is 83.9 Å². The molecule has 2 aliphatic rings. The first-order valence-electron chi connectivity index (χ1n) is 12.4. The van der Waals surface area contributed by atoms with Crippen molar-refractivity contribution in [3.63, 3.8) is 0 Å². The van der Waals surface area contributed by atoms with Gasteiger partial charge in [0.15, 0.2) is 0 Å². The molecule has 2 aromatic carbocycles. The van der Waals surface area contributed by atoms with Gasteiger partial charge in [0, 0.05) is 37.6 Å². The number of carbonyl (C=O) groups is 3. The molecule has 1 aromatic heterocycles. The minimum absolute atomic E-state index is 0.000190. The van der Waals surface area contributed by atoms with Crippen molar-refractivity contribution in [1.29, 1.82) is 0 Å². The van der Waals surface area contributed by atoms with E-state index in [-0.39, 0.29) is 23.8 Å². The molecule has 1 N–H and O–H groups in total. The van der Waals surface area contributed by atoms with Crippen LogP contribution in [0.25, 0.3) is 10.9 Å². The van der Waals surface area contributed by atoms with E-state index in [4.69, 9.17) is 4.74 Å². The number of nitrogens with zero attached hydrogens (tertiary/aromatic N) is 3. The standard InChI is InChI=1S/C28H32N4O4/c1-28(26(34)32(27(35)29-28)17-12-19-8-10-22(36-3)11-9-19)21-13-15-31(16-14-21)25(33)24-18-20-6-4-5-7-23(20)30(24)2/h4-11,18,21H,12-17H2,1-3H3,(H,29,35)/t28-/m0/s1. The maximum absolute atomic E-state index is 13.4. The number of urea groups is 1. The van der Waals surface area contributed by atoms with Crippen molar-refractivity contribution < 1.29 is 19.1 Å². The van der Waals surface area contributed by atoms with Gasteiger partial charge in [-0.1, -0.05) is 30.3 Å². The van der Waals surface area contributed by atoms with Crippen molar-refractivity contribution >= 4 is 28.7 Å². The van der Waals surface area contributed by atoms with E-state index in [0.29, 0.717) is 44.6 Å². The van der Waals surface area contributed by atoms with Gasteiger partial charge in [0.25, 0.3) is 11.8 Å². The molecular formula is C28H32N4O4. The lowest BCUT2D eigenvalue weighted by Gasteiger charge is -2.39. The molecule has 188 valence electrons. The number of piperidine rings is 1. The van der Waals surface area contributed by atoms with Crippen LogP contribution >= 0.6 is 0 Å². The van der Waals surface area contributed by atoms with Crippen LogP contribution in [-0.2, 0) is 18.3 Å². The molecule has 0 saturated carbocycles. The summed E-state index contributed by atoms with van der Waals surface area (Å²) < 4.78 is 7.13. The zero-order valence-electron chi connectivity index (χ0n) is 21.0. The maximum atomic E-state index is 13.4. The third-order valence-electron chi connectivity index (χ3n) is 7.85. The molecule has 8 heteroatoms. The number of rotatable bonds is 6. The summed E-state index contributed by atoms with van der Waals surface area (Å²) in [6, 6.07) is 17.2. The lowest BCUT2D eigenvalue weighted by atomic mass is 9.79. The van der Waals surface area contributed by atoms with Crippen molar-refractivity contribution in [1.82, 2.24) is 19.7 Å². The number of imide groups is 1. The fraction of sp³-hybridized carbons (Fsp3) is 0.393. The first kappa shape index (κ1) is 23.9. The molecule has 0 spiro atoms. The molecule has 1 atom stereocenters. The number of aryl methyl sites for hydroxylation is 1. The third-order valence-corrected chi connectivity index (χ3v) is 7.85. The van der Waals surface area contributed by atoms with Crippen LogP contribution in [0.3, 0.4) is 0 Å². The SMILES string of the molecule is COc1ccc(CCN2C(=O)N[C@@](C)(C3CCN(C(=O)c4cc5ccccc5n4C)CC3)C2=O)cc1. The van der Waals surface area contributed by atoms with Gasteiger partial charge in [-0.2, -0.15) is 0 Å². The first-order chi connectivity index (χ1) is 17.3. The van der Waals surface area contributed by atoms with Crippen LogP contribution in [0.2, 0.25) is 0 Å². The third kappa shape index (κ3) is 4.10. The molecule has 8 nitrogen and oxygen atoms in total. The molecular weight excluding hydrogens is 456 g/mol. The summed E-state index contributed by atoms with van der Waals surface area (Å²) in [4.78, 5) is 42.6. The van der Waals surface area contributed by atoms with E-state index in [0.717, 1.165) is 22.2 Å². The van der Waals surface area contributed by atoms with E-state index in [1.54, 1.807) is 7.11 Å². The maximum Gasteiger partial charge on any atom is 0.325 e. The predicted molar refractivity (Wildman–Crippen MR) is 137 cm³/mol. The van der Waals surface area contributed by atoms with Crippen LogP contribution in [0.1, 0.15) is 35.8 Å². The highest BCUT2D eigenvalue weighted by atomic mass is 16.5. The van der Waals surface area contributed by atoms with Crippen molar-refractivity contribution in [2.24, 2.45) is 13.0 Å². The number of amides is 4. The molecule has 0 radical (unpaired) electrons. The van der Waals surface area contributed by atoms with Gasteiger partial charge < -0.3 is 19.5 Å². The van der Waals surface area contributed by atoms with Crippen molar-refractivity contribution in [2.45, 2.75) is 31.7 Å². The van der Waals surface area contributed by atoms with E-state index in [2.05, 4.69) is 5.32 Å². The Morgan fingerprint density at radius 2 is 1.78 bits per heavy atom. The number of aromatic nitrogens is 1. The van der Waals surface area contributed by atoms with Crippen LogP contribution in [0.5, 0.6) is 5.75 Å². The fourth-order valence-corrected chi connectivity index (χ4v) is 5.54. The van der Waals surface area contributed by atoms with Gasteiger partial charge in [-0.25, -0.2) is 4.79 Å². The lowest BCUT2D eigenvalue weighted by Crippen LogP contribution is -2.54. The van der Waals surface area contributed by atoms with Crippen LogP contribution in [0, 0.1) is 5.92 Å². The number of ether oxygens (including phenoxy) is 1. The smallest absolute Gasteiger partial charge is 0.325 e. The Balaban J connectivity index is 1.22. The van der Waals surface area contributed by atoms with Gasteiger partial charge in [0.05, 0.1) is 7.11 Å². The Morgan fingerprint density at radius 3 is 2.44 bits per heavy atom. The van der Waals surface area contributed by atoms with Crippen molar-refractivity contribution in [3.05, 3.63) is 65.9 Å². The Labute approximate surface area is 210 Å². The summed E-state index contributed by atoms with van der Waals surface area (Å²) >= 11 is 0. The Bertz CT molecular complexity index is 1310. The number of para-hydroxylation sites is 1. The number of fused-ring (bicyclic) bond motifs is 1. The lowest BCUT2D eigenvalue weighted by molar-refractivity contribution is -0.133. The quantitative estimate of drug-likeness (QED) is 0.538. The van der Waals surface area contributed by atoms with Gasteiger partial charge in [0.2, 0.25) is 0 Å². The van der Waals surface area contributed by atoms with Crippen LogP contribution < -0.4 is 10.1 Å². The number of nitrogens with one attached hydrogen (secondary N) is 1. The monoisotopic (exact) mass is 488 g/mol. The summed E-state index contributed by atoms with van der Waals surface area (Å²) in [5.41, 5.74) is 1.77. The van der Waals surface area contributed by atoms with Gasteiger partial charge in [-0.3, -0.25) is 14.5 Å². The van der Waals surface area contributed by atoms with E-state index in [1.807, 2.05) is 78.0 Å². The summed E-state index contributed by atoms with van der Waals surface area (Å²) in [6.45, 7) is 3.25. The number of hydrogen-bond donors (Lipinski definition) is 1. The van der Waals surface area contributed by atoms with Crippen LogP contribution in [0.4, 0.5) is 4.79 Å². The van der Waals surface area contributed by atoms with Crippen LogP contribution in [-0.4, -0.2) is 64.5 Å². The number of carbonyl (C=O) groups excluding carboxylic acids is 3. The molecule has 2 fully saturated rings. The number of likely N-dealkylation sites (tertiary alicyclic amines) is 1. The summed E-state index contributed by atoms with van der Waals surface area (Å²) in [6.07, 6.45) is 1.90. The van der Waals surface area contributed by atoms with E-state index in [1.165, 1.54) is 4.90 Å². The zero-order valence-corrected chi connectivity index (χ0v) is 21.0. The minimum Gasteiger partial charge on any atom is -0.497 e. The molecule has 0 aliphatic carbocycles. The van der Waals surface area contributed by atoms with E-state index < -0.39 is 5.54 Å². The largest absolute Gasteiger partial charge is 0.497 e. The summed E-state index contributed by atoms with van der Waals surface area (Å²) in [5.74, 6) is 0.558. The predicted octanol–water partition coefficient (Wildman–Crippen LogP) is 3.59. The second-order valence-corrected chi connectivity index (χ2v) is 9.90. The molecule has 2 aliphatic heterocycles. The normalized spacial score (nSPS) is 20.8. The second kappa shape index (κ2) is 9.33. The molecule has 36 heavy (non-hydrogen) atoms. The Kier molecular flexibility index (Phi) is 6.20. The van der Waals surface area contributed by atoms with Gasteiger partial charge >= 0.3 is 6.03 Å². The minimum atomic E-state index is -0.953. The first-order valence-corrected chi connectivity index (χ1v) is 12.4. The molecule has 0 unspecified atom stereocenters. The molecule has 5 rings (SSSR count). The highest BCUT2D eigenvalue weighted by Crippen LogP contribution is 2.34. The van der Waals surface area contributed by atoms with Gasteiger partial charge in [0.1, 0.15) is 17.0 Å². The van der Waals surface area contributed by atoms with Crippen molar-refractivity contribution in [2.75, 3.05) is 26.7 Å². The van der Waals surface area contributed by atoms with Crippen molar-refractivity contribution in [3.8, 4) is 5.75 Å². The highest BCUT2D eigenvalue weighted by Gasteiger charge is 2.52. The Morgan fingerprint density at radius 1 is 1.08 bits per heavy atom. The average Bonchev–Trinajstić information content (AvgIpc) is 3.35. The van der Waals surface area contributed by atoms with E-state index >= 15 is 0 Å². The molecule has 2 saturated heterocycles. The average molecular weight is 489 g/mol. The number of methoxy groups -OCH3 is 1. The highest BCUT2D eigenvalue weighted by molar-refractivity contribution is 6.07. The Hall–Kier alpha value is -3.81. The van der Waals surface area contributed by atoms with Crippen LogP contribution in [0.15, 0.2) is 54.6 Å². The second-order valence-electron chi connectivity index (χ2n) is 9.90. The number of hydrogen-bond acceptors (Lipinski definition) is 4. The van der Waals surface area contributed by atoms with Gasteiger partial charge in [-0.05, 0) is 61.9 Å². The molecule has 4 amide bonds. The molecule has 0 bridgehead atoms. The number of benzene rings is 2. The van der Waals surface area contributed by atoms with E-state index in [9.17, 15) is 14.4 Å². The fourth-order valence-electron chi connectivity index (χ4n) is 5.54. The molecule has 3 aromatic rings.